The summed E-state index contributed by atoms with van der Waals surface area (Å²) in [7, 11) is 0. The van der Waals surface area contributed by atoms with Crippen molar-refractivity contribution >= 4 is 22.8 Å². The summed E-state index contributed by atoms with van der Waals surface area (Å²) in [6.45, 7) is 0.764. The minimum atomic E-state index is -0.923. The number of nitrogens with zero attached hydrogens (tertiary/aromatic N) is 2. The van der Waals surface area contributed by atoms with Crippen LogP contribution in [0.5, 0.6) is 5.75 Å². The number of nitrogens with two attached hydrogens (primary N) is 1. The fourth-order valence-corrected chi connectivity index (χ4v) is 3.13. The zero-order valence-electron chi connectivity index (χ0n) is 16.6. The van der Waals surface area contributed by atoms with Crippen LogP contribution in [0.4, 0.5) is 4.39 Å². The SMILES string of the molecule is CC(O)CNC(=O)c1c(O)c2ncc(Cc3ccc(F)cc3)cc2n(CC(N)=O)c1=O. The minimum absolute atomic E-state index is 0.0640. The number of hydrogen-bond acceptors (Lipinski definition) is 6. The average molecular weight is 428 g/mol. The summed E-state index contributed by atoms with van der Waals surface area (Å²) in [6, 6.07) is 7.38. The van der Waals surface area contributed by atoms with Gasteiger partial charge in [0.15, 0.2) is 5.75 Å². The number of benzene rings is 1. The van der Waals surface area contributed by atoms with Crippen molar-refractivity contribution in [3.05, 3.63) is 69.4 Å². The van der Waals surface area contributed by atoms with Gasteiger partial charge < -0.3 is 21.3 Å². The fourth-order valence-electron chi connectivity index (χ4n) is 3.13. The Morgan fingerprint density at radius 3 is 2.55 bits per heavy atom. The number of primary amides is 1. The molecule has 0 spiro atoms. The van der Waals surface area contributed by atoms with Gasteiger partial charge in [-0.1, -0.05) is 12.1 Å². The van der Waals surface area contributed by atoms with E-state index in [0.717, 1.165) is 10.1 Å². The van der Waals surface area contributed by atoms with Gasteiger partial charge in [-0.3, -0.25) is 23.9 Å². The second kappa shape index (κ2) is 8.92. The Hall–Kier alpha value is -3.79. The smallest absolute Gasteiger partial charge is 0.268 e. The van der Waals surface area contributed by atoms with Gasteiger partial charge in [-0.15, -0.1) is 0 Å². The van der Waals surface area contributed by atoms with E-state index < -0.39 is 41.3 Å². The average Bonchev–Trinajstić information content (AvgIpc) is 2.71. The molecular formula is C21H21FN4O5. The van der Waals surface area contributed by atoms with Crippen LogP contribution >= 0.6 is 0 Å². The number of pyridine rings is 2. The van der Waals surface area contributed by atoms with Crippen molar-refractivity contribution < 1.29 is 24.2 Å². The van der Waals surface area contributed by atoms with Crippen molar-refractivity contribution in [3.63, 3.8) is 0 Å². The van der Waals surface area contributed by atoms with Crippen LogP contribution in [0.15, 0.2) is 41.3 Å². The lowest BCUT2D eigenvalue weighted by atomic mass is 10.1. The topological polar surface area (TPSA) is 148 Å². The summed E-state index contributed by atoms with van der Waals surface area (Å²) in [5.41, 5.74) is 5.21. The molecule has 1 aromatic carbocycles. The number of aliphatic hydroxyl groups is 1. The number of aromatic hydroxyl groups is 1. The van der Waals surface area contributed by atoms with Gasteiger partial charge in [0.1, 0.15) is 23.4 Å². The highest BCUT2D eigenvalue weighted by Gasteiger charge is 2.24. The van der Waals surface area contributed by atoms with Crippen LogP contribution in [0, 0.1) is 5.82 Å². The normalized spacial score (nSPS) is 12.0. The Labute approximate surface area is 176 Å². The molecule has 3 rings (SSSR count). The predicted molar refractivity (Wildman–Crippen MR) is 110 cm³/mol. The first-order valence-electron chi connectivity index (χ1n) is 9.40. The Kier molecular flexibility index (Phi) is 6.30. The van der Waals surface area contributed by atoms with Crippen molar-refractivity contribution in [1.82, 2.24) is 14.9 Å². The number of nitrogens with one attached hydrogen (secondary N) is 1. The Morgan fingerprint density at radius 1 is 1.26 bits per heavy atom. The summed E-state index contributed by atoms with van der Waals surface area (Å²) in [5, 5.41) is 22.3. The molecule has 0 aliphatic heterocycles. The van der Waals surface area contributed by atoms with Gasteiger partial charge in [0.25, 0.3) is 11.5 Å². The molecule has 0 aliphatic carbocycles. The lowest BCUT2D eigenvalue weighted by Gasteiger charge is -2.15. The number of carbonyl (C=O) groups is 2. The van der Waals surface area contributed by atoms with E-state index in [0.29, 0.717) is 12.0 Å². The third kappa shape index (κ3) is 4.86. The van der Waals surface area contributed by atoms with E-state index in [1.54, 1.807) is 18.2 Å². The standard InChI is InChI=1S/C21H21FN4O5/c1-11(27)8-25-20(30)17-19(29)18-15(26(21(17)31)10-16(23)28)7-13(9-24-18)6-12-2-4-14(22)5-3-12/h2-5,7,9,11,27,29H,6,8,10H2,1H3,(H2,23,28)(H,25,30). The van der Waals surface area contributed by atoms with Crippen molar-refractivity contribution in [2.75, 3.05) is 6.54 Å². The second-order valence-electron chi connectivity index (χ2n) is 7.15. The van der Waals surface area contributed by atoms with E-state index in [-0.39, 0.29) is 23.4 Å². The van der Waals surface area contributed by atoms with Crippen molar-refractivity contribution in [3.8, 4) is 5.75 Å². The molecule has 10 heteroatoms. The van der Waals surface area contributed by atoms with Gasteiger partial charge in [-0.05, 0) is 42.7 Å². The molecule has 162 valence electrons. The molecule has 2 amide bonds. The molecule has 0 aliphatic rings. The van der Waals surface area contributed by atoms with Gasteiger partial charge in [0.2, 0.25) is 5.91 Å². The predicted octanol–water partition coefficient (Wildman–Crippen LogP) is 0.428. The molecule has 5 N–H and O–H groups in total. The van der Waals surface area contributed by atoms with Crippen LogP contribution in [0.25, 0.3) is 11.0 Å². The summed E-state index contributed by atoms with van der Waals surface area (Å²) < 4.78 is 14.1. The van der Waals surface area contributed by atoms with Gasteiger partial charge in [-0.25, -0.2) is 4.39 Å². The molecule has 0 bridgehead atoms. The Bertz CT molecular complexity index is 1210. The zero-order valence-corrected chi connectivity index (χ0v) is 16.6. The molecule has 3 aromatic rings. The fraction of sp³-hybridized carbons (Fsp3) is 0.238. The zero-order chi connectivity index (χ0) is 22.7. The maximum absolute atomic E-state index is 13.1. The molecule has 1 unspecified atom stereocenters. The summed E-state index contributed by atoms with van der Waals surface area (Å²) >= 11 is 0. The van der Waals surface area contributed by atoms with Crippen LogP contribution < -0.4 is 16.6 Å². The van der Waals surface area contributed by atoms with Crippen LogP contribution in [0.3, 0.4) is 0 Å². The maximum atomic E-state index is 13.1. The summed E-state index contributed by atoms with van der Waals surface area (Å²) in [4.78, 5) is 41.1. The van der Waals surface area contributed by atoms with Crippen LogP contribution in [-0.4, -0.2) is 44.2 Å². The van der Waals surface area contributed by atoms with Crippen LogP contribution in [0.2, 0.25) is 0 Å². The third-order valence-corrected chi connectivity index (χ3v) is 4.56. The molecule has 0 saturated heterocycles. The van der Waals surface area contributed by atoms with E-state index in [9.17, 15) is 29.0 Å². The molecular weight excluding hydrogens is 407 g/mol. The molecule has 2 heterocycles. The number of hydrogen-bond donors (Lipinski definition) is 4. The minimum Gasteiger partial charge on any atom is -0.505 e. The van der Waals surface area contributed by atoms with Gasteiger partial charge in [-0.2, -0.15) is 0 Å². The van der Waals surface area contributed by atoms with Crippen molar-refractivity contribution in [1.29, 1.82) is 0 Å². The van der Waals surface area contributed by atoms with Crippen LogP contribution in [0.1, 0.15) is 28.4 Å². The number of carbonyl (C=O) groups excluding carboxylic acids is 2. The summed E-state index contributed by atoms with van der Waals surface area (Å²) in [5.74, 6) is -2.76. The highest BCUT2D eigenvalue weighted by molar-refractivity contribution is 6.01. The number of halogens is 1. The van der Waals surface area contributed by atoms with Gasteiger partial charge in [0.05, 0.1) is 11.6 Å². The number of fused-ring (bicyclic) bond motifs is 1. The molecule has 1 atom stereocenters. The molecule has 0 radical (unpaired) electrons. The highest BCUT2D eigenvalue weighted by atomic mass is 19.1. The maximum Gasteiger partial charge on any atom is 0.268 e. The first kappa shape index (κ1) is 21.9. The Balaban J connectivity index is 2.13. The molecule has 0 saturated carbocycles. The molecule has 0 fully saturated rings. The van der Waals surface area contributed by atoms with E-state index >= 15 is 0 Å². The van der Waals surface area contributed by atoms with E-state index in [2.05, 4.69) is 10.3 Å². The van der Waals surface area contributed by atoms with Gasteiger partial charge >= 0.3 is 0 Å². The number of aromatic nitrogens is 2. The first-order chi connectivity index (χ1) is 14.7. The first-order valence-corrected chi connectivity index (χ1v) is 9.40. The lowest BCUT2D eigenvalue weighted by molar-refractivity contribution is -0.118. The monoisotopic (exact) mass is 428 g/mol. The number of amides is 2. The number of rotatable bonds is 7. The van der Waals surface area contributed by atoms with Crippen molar-refractivity contribution in [2.24, 2.45) is 5.73 Å². The van der Waals surface area contributed by atoms with Crippen LogP contribution in [-0.2, 0) is 17.8 Å². The quantitative estimate of drug-likeness (QED) is 0.429. The third-order valence-electron chi connectivity index (χ3n) is 4.56. The molecule has 31 heavy (non-hydrogen) atoms. The number of aliphatic hydroxyl groups excluding tert-OH is 1. The highest BCUT2D eigenvalue weighted by Crippen LogP contribution is 2.26. The van der Waals surface area contributed by atoms with E-state index in [4.69, 9.17) is 5.73 Å². The van der Waals surface area contributed by atoms with Crippen molar-refractivity contribution in [2.45, 2.75) is 26.0 Å². The summed E-state index contributed by atoms with van der Waals surface area (Å²) in [6.07, 6.45) is 0.930. The Morgan fingerprint density at radius 2 is 1.94 bits per heavy atom. The molecule has 9 nitrogen and oxygen atoms in total. The van der Waals surface area contributed by atoms with E-state index in [1.165, 1.54) is 25.3 Å². The molecule has 2 aromatic heterocycles. The second-order valence-corrected chi connectivity index (χ2v) is 7.15. The lowest BCUT2D eigenvalue weighted by Crippen LogP contribution is -2.38. The van der Waals surface area contributed by atoms with Gasteiger partial charge in [0, 0.05) is 12.7 Å². The largest absolute Gasteiger partial charge is 0.505 e. The van der Waals surface area contributed by atoms with E-state index in [1.807, 2.05) is 0 Å².